The summed E-state index contributed by atoms with van der Waals surface area (Å²) in [5, 5.41) is 13.5. The van der Waals surface area contributed by atoms with Crippen LogP contribution in [0.4, 0.5) is 5.69 Å². The number of carbonyl (C=O) groups excluding carboxylic acids is 2. The number of aliphatic hydroxyl groups is 1. The van der Waals surface area contributed by atoms with Crippen molar-refractivity contribution < 1.29 is 14.7 Å². The Morgan fingerprint density at radius 1 is 1.48 bits per heavy atom. The topological polar surface area (TPSA) is 69.6 Å². The first-order valence-electron chi connectivity index (χ1n) is 7.83. The summed E-state index contributed by atoms with van der Waals surface area (Å²) in [4.78, 5) is 26.1. The van der Waals surface area contributed by atoms with Gasteiger partial charge in [0.1, 0.15) is 0 Å². The Morgan fingerprint density at radius 2 is 2.17 bits per heavy atom. The molecule has 23 heavy (non-hydrogen) atoms. The molecule has 2 amide bonds. The van der Waals surface area contributed by atoms with Crippen molar-refractivity contribution in [1.29, 1.82) is 0 Å². The maximum absolute atomic E-state index is 12.5. The van der Waals surface area contributed by atoms with E-state index in [1.807, 2.05) is 13.8 Å². The lowest BCUT2D eigenvalue weighted by molar-refractivity contribution is -0.117. The van der Waals surface area contributed by atoms with Crippen LogP contribution in [0.15, 0.2) is 18.2 Å². The summed E-state index contributed by atoms with van der Waals surface area (Å²) >= 11 is 6.03. The number of halogens is 1. The first-order valence-corrected chi connectivity index (χ1v) is 8.20. The number of nitrogens with one attached hydrogen (secondary N) is 1. The number of carbonyl (C=O) groups is 2. The minimum atomic E-state index is -0.994. The molecule has 0 bridgehead atoms. The number of nitrogens with zero attached hydrogens (tertiary/aromatic N) is 1. The van der Waals surface area contributed by atoms with Crippen molar-refractivity contribution in [2.75, 3.05) is 18.0 Å². The Morgan fingerprint density at radius 3 is 2.74 bits per heavy atom. The summed E-state index contributed by atoms with van der Waals surface area (Å²) in [5.74, 6) is -0.319. The number of anilines is 1. The average Bonchev–Trinajstić information content (AvgIpc) is 2.90. The highest BCUT2D eigenvalue weighted by atomic mass is 35.5. The van der Waals surface area contributed by atoms with Crippen LogP contribution in [-0.2, 0) is 4.79 Å². The van der Waals surface area contributed by atoms with E-state index in [1.54, 1.807) is 30.0 Å². The third-order valence-corrected chi connectivity index (χ3v) is 4.65. The van der Waals surface area contributed by atoms with Crippen LogP contribution >= 0.6 is 11.6 Å². The standard InChI is InChI=1S/C17H23ClN2O3/c1-11(2)17(3,23)10-19-16(22)13-7-6-12(18)9-14(13)20-8-4-5-15(20)21/h6-7,9,11,23H,4-5,8,10H2,1-3H3,(H,19,22). The van der Waals surface area contributed by atoms with Gasteiger partial charge < -0.3 is 15.3 Å². The number of hydrogen-bond donors (Lipinski definition) is 2. The molecule has 0 aromatic heterocycles. The molecular weight excluding hydrogens is 316 g/mol. The van der Waals surface area contributed by atoms with Crippen molar-refractivity contribution in [2.45, 2.75) is 39.2 Å². The molecule has 1 aliphatic heterocycles. The Hall–Kier alpha value is -1.59. The normalized spacial score (nSPS) is 17.5. The molecule has 126 valence electrons. The van der Waals surface area contributed by atoms with E-state index in [9.17, 15) is 14.7 Å². The predicted molar refractivity (Wildman–Crippen MR) is 90.8 cm³/mol. The lowest BCUT2D eigenvalue weighted by Gasteiger charge is -2.28. The zero-order chi connectivity index (χ0) is 17.2. The van der Waals surface area contributed by atoms with Crippen molar-refractivity contribution >= 4 is 29.1 Å². The predicted octanol–water partition coefficient (Wildman–Crippen LogP) is 2.60. The second-order valence-corrected chi connectivity index (χ2v) is 6.94. The Kier molecular flexibility index (Phi) is 5.32. The number of hydrogen-bond acceptors (Lipinski definition) is 3. The van der Waals surface area contributed by atoms with Crippen LogP contribution in [0.5, 0.6) is 0 Å². The van der Waals surface area contributed by atoms with E-state index in [1.165, 1.54) is 0 Å². The smallest absolute Gasteiger partial charge is 0.253 e. The van der Waals surface area contributed by atoms with E-state index in [2.05, 4.69) is 5.32 Å². The van der Waals surface area contributed by atoms with Gasteiger partial charge >= 0.3 is 0 Å². The van der Waals surface area contributed by atoms with Gasteiger partial charge in [-0.2, -0.15) is 0 Å². The van der Waals surface area contributed by atoms with Crippen molar-refractivity contribution in [3.63, 3.8) is 0 Å². The zero-order valence-corrected chi connectivity index (χ0v) is 14.5. The summed E-state index contributed by atoms with van der Waals surface area (Å²) < 4.78 is 0. The minimum absolute atomic E-state index is 0.00417. The van der Waals surface area contributed by atoms with Crippen LogP contribution in [0, 0.1) is 5.92 Å². The Bertz CT molecular complexity index is 614. The van der Waals surface area contributed by atoms with Gasteiger partial charge in [-0.3, -0.25) is 9.59 Å². The summed E-state index contributed by atoms with van der Waals surface area (Å²) in [5.41, 5.74) is -0.0722. The van der Waals surface area contributed by atoms with E-state index in [0.29, 0.717) is 29.2 Å². The third kappa shape index (κ3) is 4.03. The highest BCUT2D eigenvalue weighted by Crippen LogP contribution is 2.28. The Balaban J connectivity index is 2.22. The fourth-order valence-corrected chi connectivity index (χ4v) is 2.55. The molecular formula is C17H23ClN2O3. The molecule has 1 heterocycles. The molecule has 1 aliphatic rings. The van der Waals surface area contributed by atoms with Crippen molar-refractivity contribution in [3.05, 3.63) is 28.8 Å². The highest BCUT2D eigenvalue weighted by molar-refractivity contribution is 6.31. The van der Waals surface area contributed by atoms with Gasteiger partial charge in [-0.25, -0.2) is 0 Å². The van der Waals surface area contributed by atoms with Crippen molar-refractivity contribution in [3.8, 4) is 0 Å². The van der Waals surface area contributed by atoms with E-state index in [-0.39, 0.29) is 24.3 Å². The van der Waals surface area contributed by atoms with Crippen LogP contribution in [0.3, 0.4) is 0 Å². The molecule has 0 saturated carbocycles. The zero-order valence-electron chi connectivity index (χ0n) is 13.7. The third-order valence-electron chi connectivity index (χ3n) is 4.42. The molecule has 1 unspecified atom stereocenters. The number of amides is 2. The summed E-state index contributed by atoms with van der Waals surface area (Å²) in [6, 6.07) is 4.88. The molecule has 1 atom stereocenters. The maximum atomic E-state index is 12.5. The van der Waals surface area contributed by atoms with Gasteiger partial charge in [0.25, 0.3) is 5.91 Å². The second-order valence-electron chi connectivity index (χ2n) is 6.50. The number of rotatable bonds is 5. The van der Waals surface area contributed by atoms with Gasteiger partial charge in [0.05, 0.1) is 16.9 Å². The first kappa shape index (κ1) is 17.8. The SMILES string of the molecule is CC(C)C(C)(O)CNC(=O)c1ccc(Cl)cc1N1CCCC1=O. The lowest BCUT2D eigenvalue weighted by atomic mass is 9.92. The Labute approximate surface area is 141 Å². The molecule has 0 spiro atoms. The van der Waals surface area contributed by atoms with Gasteiger partial charge in [-0.15, -0.1) is 0 Å². The quantitative estimate of drug-likeness (QED) is 0.867. The van der Waals surface area contributed by atoms with Crippen LogP contribution in [0.25, 0.3) is 0 Å². The molecule has 0 aliphatic carbocycles. The van der Waals surface area contributed by atoms with Gasteiger partial charge in [-0.1, -0.05) is 25.4 Å². The molecule has 1 fully saturated rings. The second kappa shape index (κ2) is 6.89. The monoisotopic (exact) mass is 338 g/mol. The molecule has 0 radical (unpaired) electrons. The molecule has 2 rings (SSSR count). The van der Waals surface area contributed by atoms with E-state index >= 15 is 0 Å². The molecule has 1 aromatic rings. The van der Waals surface area contributed by atoms with Crippen molar-refractivity contribution in [2.24, 2.45) is 5.92 Å². The first-order chi connectivity index (χ1) is 10.7. The van der Waals surface area contributed by atoms with Crippen molar-refractivity contribution in [1.82, 2.24) is 5.32 Å². The van der Waals surface area contributed by atoms with Crippen LogP contribution in [0.1, 0.15) is 44.0 Å². The molecule has 2 N–H and O–H groups in total. The van der Waals surface area contributed by atoms with E-state index in [4.69, 9.17) is 11.6 Å². The van der Waals surface area contributed by atoms with E-state index < -0.39 is 5.60 Å². The molecule has 5 nitrogen and oxygen atoms in total. The van der Waals surface area contributed by atoms with Gasteiger partial charge in [0, 0.05) is 24.5 Å². The lowest BCUT2D eigenvalue weighted by Crippen LogP contribution is -2.44. The highest BCUT2D eigenvalue weighted by Gasteiger charge is 2.28. The fourth-order valence-electron chi connectivity index (χ4n) is 2.38. The van der Waals surface area contributed by atoms with Crippen LogP contribution in [0.2, 0.25) is 5.02 Å². The van der Waals surface area contributed by atoms with Gasteiger partial charge in [0.15, 0.2) is 0 Å². The largest absolute Gasteiger partial charge is 0.388 e. The van der Waals surface area contributed by atoms with Gasteiger partial charge in [-0.05, 0) is 37.5 Å². The van der Waals surface area contributed by atoms with Gasteiger partial charge in [0.2, 0.25) is 5.91 Å². The summed E-state index contributed by atoms with van der Waals surface area (Å²) in [7, 11) is 0. The summed E-state index contributed by atoms with van der Waals surface area (Å²) in [6.07, 6.45) is 1.25. The average molecular weight is 339 g/mol. The summed E-state index contributed by atoms with van der Waals surface area (Å²) in [6.45, 7) is 6.19. The maximum Gasteiger partial charge on any atom is 0.253 e. The van der Waals surface area contributed by atoms with Crippen LogP contribution < -0.4 is 10.2 Å². The molecule has 1 aromatic carbocycles. The van der Waals surface area contributed by atoms with E-state index in [0.717, 1.165) is 6.42 Å². The fraction of sp³-hybridized carbons (Fsp3) is 0.529. The molecule has 1 saturated heterocycles. The molecule has 6 heteroatoms. The minimum Gasteiger partial charge on any atom is -0.388 e. The van der Waals surface area contributed by atoms with Crippen LogP contribution in [-0.4, -0.2) is 35.6 Å². The number of benzene rings is 1.